The van der Waals surface area contributed by atoms with E-state index >= 15 is 0 Å². The Hall–Kier alpha value is -0.650. The van der Waals surface area contributed by atoms with Crippen molar-refractivity contribution in [3.8, 4) is 0 Å². The average molecular weight is 300 g/mol. The first-order chi connectivity index (χ1) is 9.66. The molecule has 0 radical (unpaired) electrons. The zero-order valence-corrected chi connectivity index (χ0v) is 12.5. The van der Waals surface area contributed by atoms with Crippen LogP contribution in [0.4, 0.5) is 0 Å². The van der Waals surface area contributed by atoms with E-state index in [1.807, 2.05) is 31.2 Å². The Morgan fingerprint density at radius 2 is 2.30 bits per heavy atom. The first-order valence-electron chi connectivity index (χ1n) is 7.01. The molecule has 0 amide bonds. The highest BCUT2D eigenvalue weighted by molar-refractivity contribution is 6.31. The summed E-state index contributed by atoms with van der Waals surface area (Å²) in [6.45, 7) is 4.06. The number of aliphatic hydroxyl groups excluding tert-OH is 1. The fraction of sp³-hybridized carbons (Fsp3) is 0.600. The van der Waals surface area contributed by atoms with Crippen LogP contribution in [-0.4, -0.2) is 43.1 Å². The third-order valence-electron chi connectivity index (χ3n) is 3.52. The largest absolute Gasteiger partial charge is 0.389 e. The van der Waals surface area contributed by atoms with Crippen LogP contribution in [0.1, 0.15) is 18.9 Å². The van der Waals surface area contributed by atoms with Crippen molar-refractivity contribution in [1.29, 1.82) is 0 Å². The van der Waals surface area contributed by atoms with Crippen LogP contribution in [0.15, 0.2) is 24.3 Å². The van der Waals surface area contributed by atoms with Gasteiger partial charge in [-0.1, -0.05) is 29.8 Å². The van der Waals surface area contributed by atoms with E-state index in [0.717, 1.165) is 18.6 Å². The molecule has 0 aliphatic carbocycles. The van der Waals surface area contributed by atoms with Crippen LogP contribution >= 0.6 is 11.6 Å². The van der Waals surface area contributed by atoms with E-state index in [9.17, 15) is 5.11 Å². The quantitative estimate of drug-likeness (QED) is 0.808. The van der Waals surface area contributed by atoms with Gasteiger partial charge in [0.05, 0.1) is 25.4 Å². The minimum atomic E-state index is -0.523. The molecule has 1 aromatic rings. The van der Waals surface area contributed by atoms with Crippen molar-refractivity contribution in [1.82, 2.24) is 5.32 Å². The van der Waals surface area contributed by atoms with Gasteiger partial charge < -0.3 is 19.9 Å². The van der Waals surface area contributed by atoms with Gasteiger partial charge in [0.25, 0.3) is 0 Å². The molecule has 1 aromatic carbocycles. The van der Waals surface area contributed by atoms with E-state index in [1.165, 1.54) is 0 Å². The van der Waals surface area contributed by atoms with Crippen LogP contribution in [0.25, 0.3) is 0 Å². The van der Waals surface area contributed by atoms with Crippen molar-refractivity contribution in [2.24, 2.45) is 0 Å². The van der Waals surface area contributed by atoms with E-state index < -0.39 is 6.10 Å². The van der Waals surface area contributed by atoms with Crippen LogP contribution < -0.4 is 5.32 Å². The van der Waals surface area contributed by atoms with Crippen molar-refractivity contribution in [3.05, 3.63) is 34.9 Å². The van der Waals surface area contributed by atoms with Gasteiger partial charge in [-0.2, -0.15) is 0 Å². The van der Waals surface area contributed by atoms with Gasteiger partial charge in [0.15, 0.2) is 0 Å². The number of aliphatic hydroxyl groups is 1. The summed E-state index contributed by atoms with van der Waals surface area (Å²) in [5, 5.41) is 13.9. The molecule has 1 heterocycles. The second-order valence-corrected chi connectivity index (χ2v) is 5.55. The Bertz CT molecular complexity index is 416. The molecule has 0 aromatic heterocycles. The molecule has 0 bridgehead atoms. The molecule has 1 saturated heterocycles. The Labute approximate surface area is 125 Å². The maximum Gasteiger partial charge on any atom is 0.0897 e. The monoisotopic (exact) mass is 299 g/mol. The van der Waals surface area contributed by atoms with Gasteiger partial charge in [-0.05, 0) is 25.0 Å². The topological polar surface area (TPSA) is 50.7 Å². The number of hydrogen-bond donors (Lipinski definition) is 2. The molecule has 1 aliphatic rings. The van der Waals surface area contributed by atoms with E-state index in [-0.39, 0.29) is 6.10 Å². The zero-order chi connectivity index (χ0) is 14.4. The predicted octanol–water partition coefficient (Wildman–Crippen LogP) is 1.98. The highest BCUT2D eigenvalue weighted by Crippen LogP contribution is 2.16. The number of ether oxygens (including phenoxy) is 2. The zero-order valence-electron chi connectivity index (χ0n) is 11.7. The van der Waals surface area contributed by atoms with E-state index in [0.29, 0.717) is 30.8 Å². The van der Waals surface area contributed by atoms with Gasteiger partial charge in [0, 0.05) is 24.2 Å². The summed E-state index contributed by atoms with van der Waals surface area (Å²) in [5.74, 6) is 0. The smallest absolute Gasteiger partial charge is 0.0897 e. The van der Waals surface area contributed by atoms with Crippen molar-refractivity contribution in [2.75, 3.05) is 19.8 Å². The average Bonchev–Trinajstić information content (AvgIpc) is 2.84. The number of benzene rings is 1. The summed E-state index contributed by atoms with van der Waals surface area (Å²) in [6, 6.07) is 7.89. The second kappa shape index (κ2) is 7.96. The molecule has 2 rings (SSSR count). The summed E-state index contributed by atoms with van der Waals surface area (Å²) in [5.41, 5.74) is 0.937. The predicted molar refractivity (Wildman–Crippen MR) is 78.9 cm³/mol. The molecule has 4 nitrogen and oxygen atoms in total. The SMILES string of the molecule is CC1OCCC1NCC(O)COCc1ccccc1Cl. The van der Waals surface area contributed by atoms with E-state index in [2.05, 4.69) is 5.32 Å². The lowest BCUT2D eigenvalue weighted by atomic mass is 10.1. The second-order valence-electron chi connectivity index (χ2n) is 5.14. The standard InChI is InChI=1S/C15H22ClNO3/c1-11-15(6-7-20-11)17-8-13(18)10-19-9-12-4-2-3-5-14(12)16/h2-5,11,13,15,17-18H,6-10H2,1H3. The molecule has 3 unspecified atom stereocenters. The number of halogens is 1. The maximum absolute atomic E-state index is 9.88. The van der Waals surface area contributed by atoms with Crippen molar-refractivity contribution >= 4 is 11.6 Å². The summed E-state index contributed by atoms with van der Waals surface area (Å²) < 4.78 is 11.0. The molecule has 3 atom stereocenters. The Balaban J connectivity index is 1.63. The summed E-state index contributed by atoms with van der Waals surface area (Å²) in [6.07, 6.45) is 0.686. The third-order valence-corrected chi connectivity index (χ3v) is 3.89. The molecular weight excluding hydrogens is 278 g/mol. The van der Waals surface area contributed by atoms with Crippen LogP contribution in [0.3, 0.4) is 0 Å². The van der Waals surface area contributed by atoms with Gasteiger partial charge in [0.2, 0.25) is 0 Å². The van der Waals surface area contributed by atoms with Crippen molar-refractivity contribution in [3.63, 3.8) is 0 Å². The highest BCUT2D eigenvalue weighted by Gasteiger charge is 2.24. The number of rotatable bonds is 7. The van der Waals surface area contributed by atoms with Gasteiger partial charge in [0.1, 0.15) is 0 Å². The van der Waals surface area contributed by atoms with Gasteiger partial charge in [-0.15, -0.1) is 0 Å². The minimum Gasteiger partial charge on any atom is -0.389 e. The number of nitrogens with one attached hydrogen (secondary N) is 1. The lowest BCUT2D eigenvalue weighted by Crippen LogP contribution is -2.40. The molecule has 0 saturated carbocycles. The normalized spacial score (nSPS) is 23.9. The Morgan fingerprint density at radius 3 is 3.00 bits per heavy atom. The highest BCUT2D eigenvalue weighted by atomic mass is 35.5. The molecule has 2 N–H and O–H groups in total. The lowest BCUT2D eigenvalue weighted by Gasteiger charge is -2.19. The van der Waals surface area contributed by atoms with E-state index in [4.69, 9.17) is 21.1 Å². The lowest BCUT2D eigenvalue weighted by molar-refractivity contribution is 0.0259. The van der Waals surface area contributed by atoms with E-state index in [1.54, 1.807) is 0 Å². The molecular formula is C15H22ClNO3. The number of hydrogen-bond acceptors (Lipinski definition) is 4. The van der Waals surface area contributed by atoms with Crippen molar-refractivity contribution in [2.45, 2.75) is 38.2 Å². The fourth-order valence-corrected chi connectivity index (χ4v) is 2.46. The Kier molecular flexibility index (Phi) is 6.26. The molecule has 112 valence electrons. The van der Waals surface area contributed by atoms with Crippen LogP contribution in [0, 0.1) is 0 Å². The van der Waals surface area contributed by atoms with Crippen LogP contribution in [0.5, 0.6) is 0 Å². The molecule has 0 spiro atoms. The van der Waals surface area contributed by atoms with Gasteiger partial charge in [-0.25, -0.2) is 0 Å². The first kappa shape index (κ1) is 15.7. The molecule has 20 heavy (non-hydrogen) atoms. The minimum absolute atomic E-state index is 0.214. The summed E-state index contributed by atoms with van der Waals surface area (Å²) in [7, 11) is 0. The van der Waals surface area contributed by atoms with Gasteiger partial charge in [-0.3, -0.25) is 0 Å². The van der Waals surface area contributed by atoms with Crippen molar-refractivity contribution < 1.29 is 14.6 Å². The third kappa shape index (κ3) is 4.72. The van der Waals surface area contributed by atoms with Crippen LogP contribution in [-0.2, 0) is 16.1 Å². The molecule has 1 fully saturated rings. The van der Waals surface area contributed by atoms with Gasteiger partial charge >= 0.3 is 0 Å². The van der Waals surface area contributed by atoms with Crippen LogP contribution in [0.2, 0.25) is 5.02 Å². The maximum atomic E-state index is 9.88. The Morgan fingerprint density at radius 1 is 1.50 bits per heavy atom. The fourth-order valence-electron chi connectivity index (χ4n) is 2.27. The molecule has 5 heteroatoms. The summed E-state index contributed by atoms with van der Waals surface area (Å²) in [4.78, 5) is 0. The first-order valence-corrected chi connectivity index (χ1v) is 7.39. The summed E-state index contributed by atoms with van der Waals surface area (Å²) >= 11 is 6.03. The molecule has 1 aliphatic heterocycles.